The Hall–Kier alpha value is -2.93. The summed E-state index contributed by atoms with van der Waals surface area (Å²) in [6, 6.07) is 9.23. The van der Waals surface area contributed by atoms with E-state index in [0.717, 1.165) is 22.0 Å². The van der Waals surface area contributed by atoms with E-state index in [4.69, 9.17) is 0 Å². The second-order valence-electron chi connectivity index (χ2n) is 5.46. The average molecular weight is 352 g/mol. The van der Waals surface area contributed by atoms with E-state index >= 15 is 0 Å². The smallest absolute Gasteiger partial charge is 0.234 e. The molecule has 0 N–H and O–H groups in total. The third kappa shape index (κ3) is 2.72. The fraction of sp³-hybridized carbons (Fsp3) is 0.0556. The summed E-state index contributed by atoms with van der Waals surface area (Å²) >= 11 is 0. The Bertz CT molecular complexity index is 1090. The van der Waals surface area contributed by atoms with Crippen molar-refractivity contribution in [2.75, 3.05) is 6.26 Å². The van der Waals surface area contributed by atoms with Crippen LogP contribution in [0, 0.1) is 5.82 Å². The normalized spacial score (nSPS) is 12.4. The highest BCUT2D eigenvalue weighted by molar-refractivity contribution is 7.84. The lowest BCUT2D eigenvalue weighted by atomic mass is 10.1. The molecule has 1 aromatic carbocycles. The largest absolute Gasteiger partial charge is 0.284 e. The average Bonchev–Trinajstić information content (AvgIpc) is 3.02. The van der Waals surface area contributed by atoms with Crippen LogP contribution in [0.25, 0.3) is 28.0 Å². The summed E-state index contributed by atoms with van der Waals surface area (Å²) in [5, 5.41) is 0.899. The van der Waals surface area contributed by atoms with Crippen LogP contribution in [0.2, 0.25) is 0 Å². The Labute approximate surface area is 145 Å². The molecule has 0 spiro atoms. The molecule has 0 radical (unpaired) electrons. The summed E-state index contributed by atoms with van der Waals surface area (Å²) < 4.78 is 27.6. The molecule has 124 valence electrons. The van der Waals surface area contributed by atoms with Gasteiger partial charge in [0.25, 0.3) is 0 Å². The van der Waals surface area contributed by atoms with Crippen molar-refractivity contribution in [2.45, 2.75) is 4.90 Å². The molecule has 3 aromatic heterocycles. The first-order valence-corrected chi connectivity index (χ1v) is 9.07. The summed E-state index contributed by atoms with van der Waals surface area (Å²) in [6.07, 6.45) is 9.24. The molecular formula is C18H13FN4OS. The van der Waals surface area contributed by atoms with E-state index in [-0.39, 0.29) is 0 Å². The van der Waals surface area contributed by atoms with Gasteiger partial charge in [0.2, 0.25) is 5.95 Å². The third-order valence-electron chi connectivity index (χ3n) is 3.92. The van der Waals surface area contributed by atoms with E-state index in [2.05, 4.69) is 15.0 Å². The Morgan fingerprint density at radius 3 is 2.56 bits per heavy atom. The molecule has 4 aromatic rings. The summed E-state index contributed by atoms with van der Waals surface area (Å²) in [6.45, 7) is 0. The molecule has 1 unspecified atom stereocenters. The first kappa shape index (κ1) is 15.6. The first-order valence-electron chi connectivity index (χ1n) is 7.51. The van der Waals surface area contributed by atoms with Crippen LogP contribution in [-0.2, 0) is 10.8 Å². The van der Waals surface area contributed by atoms with Crippen LogP contribution >= 0.6 is 0 Å². The monoisotopic (exact) mass is 352 g/mol. The Morgan fingerprint density at radius 2 is 1.84 bits per heavy atom. The molecule has 4 rings (SSSR count). The second-order valence-corrected chi connectivity index (χ2v) is 6.81. The van der Waals surface area contributed by atoms with E-state index < -0.39 is 16.6 Å². The van der Waals surface area contributed by atoms with E-state index in [9.17, 15) is 8.60 Å². The lowest BCUT2D eigenvalue weighted by molar-refractivity contribution is 0.625. The summed E-state index contributed by atoms with van der Waals surface area (Å²) in [5.74, 6) is 0.0139. The fourth-order valence-corrected chi connectivity index (χ4v) is 3.47. The molecular weight excluding hydrogens is 339 g/mol. The predicted molar refractivity (Wildman–Crippen MR) is 94.4 cm³/mol. The van der Waals surface area contributed by atoms with Crippen LogP contribution in [0.4, 0.5) is 4.39 Å². The highest BCUT2D eigenvalue weighted by Crippen LogP contribution is 2.26. The predicted octanol–water partition coefficient (Wildman–Crippen LogP) is 3.36. The lowest BCUT2D eigenvalue weighted by Gasteiger charge is -2.05. The van der Waals surface area contributed by atoms with Gasteiger partial charge in [0.15, 0.2) is 0 Å². The topological polar surface area (TPSA) is 60.7 Å². The second kappa shape index (κ2) is 6.18. The zero-order chi connectivity index (χ0) is 17.4. The summed E-state index contributed by atoms with van der Waals surface area (Å²) in [7, 11) is -1.13. The van der Waals surface area contributed by atoms with E-state index in [0.29, 0.717) is 17.1 Å². The van der Waals surface area contributed by atoms with Gasteiger partial charge in [0, 0.05) is 47.6 Å². The molecule has 0 aliphatic heterocycles. The van der Waals surface area contributed by atoms with E-state index in [1.54, 1.807) is 35.5 Å². The van der Waals surface area contributed by atoms with Gasteiger partial charge in [-0.1, -0.05) is 18.2 Å². The third-order valence-corrected chi connectivity index (χ3v) is 4.87. The maximum atomic E-state index is 13.8. The summed E-state index contributed by atoms with van der Waals surface area (Å²) in [5.41, 5.74) is 1.84. The molecule has 0 fully saturated rings. The minimum Gasteiger partial charge on any atom is -0.284 e. The van der Waals surface area contributed by atoms with Crippen LogP contribution in [0.15, 0.2) is 66.2 Å². The number of hydrogen-bond donors (Lipinski definition) is 0. The van der Waals surface area contributed by atoms with Gasteiger partial charge in [-0.05, 0) is 12.1 Å². The lowest BCUT2D eigenvalue weighted by Crippen LogP contribution is -2.00. The zero-order valence-corrected chi connectivity index (χ0v) is 14.1. The maximum Gasteiger partial charge on any atom is 0.234 e. The van der Waals surface area contributed by atoms with Crippen molar-refractivity contribution in [1.29, 1.82) is 0 Å². The molecule has 1 atom stereocenters. The van der Waals surface area contributed by atoms with Crippen molar-refractivity contribution in [1.82, 2.24) is 19.5 Å². The van der Waals surface area contributed by atoms with E-state index in [1.807, 2.05) is 24.3 Å². The van der Waals surface area contributed by atoms with Crippen LogP contribution in [0.1, 0.15) is 0 Å². The van der Waals surface area contributed by atoms with Gasteiger partial charge in [0.1, 0.15) is 5.82 Å². The van der Waals surface area contributed by atoms with Gasteiger partial charge in [0.05, 0.1) is 27.4 Å². The number of para-hydroxylation sites is 1. The standard InChI is InChI=1S/C18H13FN4OS/c1-25(24)17-11-23(16-5-3-2-4-14(16)17)18-21-8-12(9-22-18)13-6-7-20-10-15(13)19/h2-11H,1H3. The number of rotatable bonds is 3. The Kier molecular flexibility index (Phi) is 3.85. The SMILES string of the molecule is CS(=O)c1cn(-c2ncc(-c3ccncc3F)cn2)c2ccccc12. The van der Waals surface area contributed by atoms with Crippen molar-refractivity contribution in [3.8, 4) is 17.1 Å². The molecule has 0 bridgehead atoms. The highest BCUT2D eigenvalue weighted by Gasteiger charge is 2.14. The number of aromatic nitrogens is 4. The quantitative estimate of drug-likeness (QED) is 0.567. The van der Waals surface area contributed by atoms with Gasteiger partial charge in [-0.3, -0.25) is 13.8 Å². The Morgan fingerprint density at radius 1 is 1.08 bits per heavy atom. The van der Waals surface area contributed by atoms with Crippen molar-refractivity contribution >= 4 is 21.7 Å². The molecule has 5 nitrogen and oxygen atoms in total. The van der Waals surface area contributed by atoms with Crippen LogP contribution in [0.3, 0.4) is 0 Å². The van der Waals surface area contributed by atoms with Gasteiger partial charge in [-0.25, -0.2) is 14.4 Å². The van der Waals surface area contributed by atoms with Gasteiger partial charge >= 0.3 is 0 Å². The van der Waals surface area contributed by atoms with Crippen molar-refractivity contribution < 1.29 is 8.60 Å². The minimum absolute atomic E-state index is 0.397. The number of benzene rings is 1. The maximum absolute atomic E-state index is 13.8. The van der Waals surface area contributed by atoms with Crippen molar-refractivity contribution in [3.05, 3.63) is 67.1 Å². The summed E-state index contributed by atoms with van der Waals surface area (Å²) in [4.78, 5) is 13.2. The van der Waals surface area contributed by atoms with Crippen LogP contribution < -0.4 is 0 Å². The number of nitrogens with zero attached hydrogens (tertiary/aromatic N) is 4. The molecule has 0 aliphatic rings. The van der Waals surface area contributed by atoms with Crippen LogP contribution in [0.5, 0.6) is 0 Å². The number of pyridine rings is 1. The van der Waals surface area contributed by atoms with Crippen molar-refractivity contribution in [2.24, 2.45) is 0 Å². The van der Waals surface area contributed by atoms with Gasteiger partial charge < -0.3 is 0 Å². The number of halogens is 1. The first-order chi connectivity index (χ1) is 12.1. The van der Waals surface area contributed by atoms with Crippen molar-refractivity contribution in [3.63, 3.8) is 0 Å². The molecule has 7 heteroatoms. The number of hydrogen-bond acceptors (Lipinski definition) is 4. The minimum atomic E-state index is -1.13. The molecule has 0 saturated heterocycles. The van der Waals surface area contributed by atoms with Gasteiger partial charge in [-0.15, -0.1) is 0 Å². The number of fused-ring (bicyclic) bond motifs is 1. The zero-order valence-electron chi connectivity index (χ0n) is 13.3. The highest BCUT2D eigenvalue weighted by atomic mass is 32.2. The van der Waals surface area contributed by atoms with Crippen LogP contribution in [-0.4, -0.2) is 30.0 Å². The fourth-order valence-electron chi connectivity index (χ4n) is 2.74. The molecule has 0 aliphatic carbocycles. The molecule has 0 saturated carbocycles. The van der Waals surface area contributed by atoms with E-state index in [1.165, 1.54) is 6.20 Å². The molecule has 25 heavy (non-hydrogen) atoms. The Balaban J connectivity index is 1.83. The van der Waals surface area contributed by atoms with Gasteiger partial charge in [-0.2, -0.15) is 0 Å². The molecule has 3 heterocycles. The molecule has 0 amide bonds.